The number of fused-ring (bicyclic) bond motifs is 1. The zero-order valence-electron chi connectivity index (χ0n) is 15.9. The minimum absolute atomic E-state index is 0.179. The molecule has 0 spiro atoms. The molecule has 0 saturated heterocycles. The van der Waals surface area contributed by atoms with Crippen LogP contribution in [0.5, 0.6) is 0 Å². The van der Waals surface area contributed by atoms with Gasteiger partial charge in [-0.25, -0.2) is 0 Å². The molecule has 1 aliphatic carbocycles. The Bertz CT molecular complexity index is 1110. The number of allylic oxidation sites excluding steroid dienone is 1. The van der Waals surface area contributed by atoms with E-state index in [4.69, 9.17) is 11.6 Å². The van der Waals surface area contributed by atoms with Gasteiger partial charge in [0.15, 0.2) is 5.78 Å². The molecule has 0 radical (unpaired) electrons. The van der Waals surface area contributed by atoms with Crippen LogP contribution in [-0.2, 0) is 4.79 Å². The summed E-state index contributed by atoms with van der Waals surface area (Å²) in [5.41, 5.74) is 5.99. The number of rotatable bonds is 2. The molecule has 29 heavy (non-hydrogen) atoms. The predicted molar refractivity (Wildman–Crippen MR) is 118 cm³/mol. The largest absolute Gasteiger partial charge is 0.372 e. The average molecular weight is 401 g/mol. The molecule has 2 N–H and O–H groups in total. The maximum absolute atomic E-state index is 13.4. The van der Waals surface area contributed by atoms with Gasteiger partial charge in [0.25, 0.3) is 0 Å². The molecule has 3 aromatic rings. The first kappa shape index (κ1) is 18.0. The number of ketones is 1. The van der Waals surface area contributed by atoms with Crippen LogP contribution >= 0.6 is 11.6 Å². The number of para-hydroxylation sites is 2. The summed E-state index contributed by atoms with van der Waals surface area (Å²) in [4.78, 5) is 13.4. The number of Topliss-reactive ketones (excluding diaryl/α,β-unsaturated/α-hetero) is 1. The lowest BCUT2D eigenvalue weighted by Crippen LogP contribution is -2.26. The molecule has 0 aromatic heterocycles. The second kappa shape index (κ2) is 7.41. The summed E-state index contributed by atoms with van der Waals surface area (Å²) in [6.07, 6.45) is 1.32. The van der Waals surface area contributed by atoms with Crippen molar-refractivity contribution in [3.05, 3.63) is 106 Å². The smallest absolute Gasteiger partial charge is 0.163 e. The standard InChI is InChI=1S/C25H21ClN2O/c26-19-10-6-9-17(13-19)25-24-22(27-20-11-4-5-12-21(20)28-25)14-18(15-23(24)29)16-7-2-1-3-8-16/h1-13,18,25,27-28H,14-15H2/t18-,25+/m0/s1. The van der Waals surface area contributed by atoms with Crippen LogP contribution in [0.1, 0.15) is 35.9 Å². The first-order valence-corrected chi connectivity index (χ1v) is 10.3. The minimum Gasteiger partial charge on any atom is -0.372 e. The quantitative estimate of drug-likeness (QED) is 0.528. The number of benzene rings is 3. The van der Waals surface area contributed by atoms with Gasteiger partial charge in [-0.1, -0.05) is 66.2 Å². The number of hydrogen-bond acceptors (Lipinski definition) is 3. The molecule has 0 unspecified atom stereocenters. The summed E-state index contributed by atoms with van der Waals surface area (Å²) in [6, 6.07) is 25.9. The first-order chi connectivity index (χ1) is 14.2. The van der Waals surface area contributed by atoms with Crippen molar-refractivity contribution in [3.63, 3.8) is 0 Å². The molecule has 0 bridgehead atoms. The molecule has 3 nitrogen and oxygen atoms in total. The molecule has 5 rings (SSSR count). The zero-order chi connectivity index (χ0) is 19.8. The second-order valence-corrected chi connectivity index (χ2v) is 8.07. The van der Waals surface area contributed by atoms with Crippen LogP contribution in [0.3, 0.4) is 0 Å². The summed E-state index contributed by atoms with van der Waals surface area (Å²) < 4.78 is 0. The molecule has 0 fully saturated rings. The van der Waals surface area contributed by atoms with Gasteiger partial charge in [-0.15, -0.1) is 0 Å². The van der Waals surface area contributed by atoms with Crippen LogP contribution in [-0.4, -0.2) is 5.78 Å². The fourth-order valence-corrected chi connectivity index (χ4v) is 4.59. The fourth-order valence-electron chi connectivity index (χ4n) is 4.39. The molecule has 2 atom stereocenters. The lowest BCUT2D eigenvalue weighted by Gasteiger charge is -2.30. The fraction of sp³-hybridized carbons (Fsp3) is 0.160. The third-order valence-corrected chi connectivity index (χ3v) is 6.00. The monoisotopic (exact) mass is 400 g/mol. The van der Waals surface area contributed by atoms with Gasteiger partial charge in [-0.3, -0.25) is 4.79 Å². The number of carbonyl (C=O) groups excluding carboxylic acids is 1. The summed E-state index contributed by atoms with van der Waals surface area (Å²) in [5.74, 6) is 0.359. The maximum Gasteiger partial charge on any atom is 0.163 e. The highest BCUT2D eigenvalue weighted by molar-refractivity contribution is 6.30. The second-order valence-electron chi connectivity index (χ2n) is 7.63. The molecule has 3 aromatic carbocycles. The van der Waals surface area contributed by atoms with Gasteiger partial charge in [0.05, 0.1) is 17.4 Å². The Labute approximate surface area is 175 Å². The summed E-state index contributed by atoms with van der Waals surface area (Å²) in [6.45, 7) is 0. The van der Waals surface area contributed by atoms with Gasteiger partial charge in [0.2, 0.25) is 0 Å². The molecule has 0 saturated carbocycles. The predicted octanol–water partition coefficient (Wildman–Crippen LogP) is 6.32. The van der Waals surface area contributed by atoms with E-state index in [2.05, 4.69) is 22.8 Å². The highest BCUT2D eigenvalue weighted by Crippen LogP contribution is 2.44. The van der Waals surface area contributed by atoms with Crippen molar-refractivity contribution in [2.24, 2.45) is 0 Å². The van der Waals surface area contributed by atoms with Crippen LogP contribution < -0.4 is 10.6 Å². The third-order valence-electron chi connectivity index (χ3n) is 5.76. The Hall–Kier alpha value is -3.04. The molecule has 1 heterocycles. The summed E-state index contributed by atoms with van der Waals surface area (Å²) >= 11 is 6.28. The number of carbonyl (C=O) groups is 1. The zero-order valence-corrected chi connectivity index (χ0v) is 16.6. The molecular weight excluding hydrogens is 380 g/mol. The van der Waals surface area contributed by atoms with E-state index in [1.165, 1.54) is 5.56 Å². The molecular formula is C25H21ClN2O. The van der Waals surface area contributed by atoms with Gasteiger partial charge in [-0.2, -0.15) is 0 Å². The molecule has 1 aliphatic heterocycles. The van der Waals surface area contributed by atoms with Crippen molar-refractivity contribution < 1.29 is 4.79 Å². The Kier molecular flexibility index (Phi) is 4.61. The lowest BCUT2D eigenvalue weighted by atomic mass is 9.78. The van der Waals surface area contributed by atoms with Crippen molar-refractivity contribution in [1.29, 1.82) is 0 Å². The molecule has 4 heteroatoms. The van der Waals surface area contributed by atoms with Crippen LogP contribution in [0.25, 0.3) is 0 Å². The topological polar surface area (TPSA) is 41.1 Å². The van der Waals surface area contributed by atoms with E-state index in [0.717, 1.165) is 34.6 Å². The van der Waals surface area contributed by atoms with Crippen molar-refractivity contribution in [1.82, 2.24) is 0 Å². The minimum atomic E-state index is -0.232. The first-order valence-electron chi connectivity index (χ1n) is 9.88. The highest BCUT2D eigenvalue weighted by atomic mass is 35.5. The Morgan fingerprint density at radius 1 is 0.793 bits per heavy atom. The molecule has 0 amide bonds. The number of nitrogens with one attached hydrogen (secondary N) is 2. The maximum atomic E-state index is 13.4. The van der Waals surface area contributed by atoms with Crippen LogP contribution in [0.15, 0.2) is 90.1 Å². The van der Waals surface area contributed by atoms with Gasteiger partial charge in [0.1, 0.15) is 0 Å². The van der Waals surface area contributed by atoms with Crippen LogP contribution in [0.4, 0.5) is 11.4 Å². The van der Waals surface area contributed by atoms with E-state index < -0.39 is 0 Å². The Morgan fingerprint density at radius 2 is 1.52 bits per heavy atom. The molecule has 144 valence electrons. The normalized spacial score (nSPS) is 20.8. The van der Waals surface area contributed by atoms with E-state index in [0.29, 0.717) is 11.4 Å². The third kappa shape index (κ3) is 3.43. The van der Waals surface area contributed by atoms with Gasteiger partial charge in [-0.05, 0) is 47.7 Å². The van der Waals surface area contributed by atoms with Crippen LogP contribution in [0, 0.1) is 0 Å². The van der Waals surface area contributed by atoms with E-state index in [9.17, 15) is 4.79 Å². The van der Waals surface area contributed by atoms with E-state index >= 15 is 0 Å². The number of hydrogen-bond donors (Lipinski definition) is 2. The van der Waals surface area contributed by atoms with E-state index in [1.54, 1.807) is 0 Å². The summed E-state index contributed by atoms with van der Waals surface area (Å²) in [7, 11) is 0. The highest BCUT2D eigenvalue weighted by Gasteiger charge is 2.35. The van der Waals surface area contributed by atoms with E-state index in [1.807, 2.05) is 66.7 Å². The van der Waals surface area contributed by atoms with Crippen molar-refractivity contribution in [2.75, 3.05) is 10.6 Å². The Balaban J connectivity index is 1.63. The molecule has 2 aliphatic rings. The van der Waals surface area contributed by atoms with Crippen LogP contribution in [0.2, 0.25) is 5.02 Å². The SMILES string of the molecule is O=C1C[C@@H](c2ccccc2)CC2=C1[C@@H](c1cccc(Cl)c1)Nc1ccccc1N2. The van der Waals surface area contributed by atoms with Crippen molar-refractivity contribution in [3.8, 4) is 0 Å². The lowest BCUT2D eigenvalue weighted by molar-refractivity contribution is -0.116. The number of anilines is 2. The van der Waals surface area contributed by atoms with Crippen molar-refractivity contribution in [2.45, 2.75) is 24.8 Å². The van der Waals surface area contributed by atoms with Gasteiger partial charge < -0.3 is 10.6 Å². The summed E-state index contributed by atoms with van der Waals surface area (Å²) in [5, 5.41) is 7.83. The van der Waals surface area contributed by atoms with Gasteiger partial charge >= 0.3 is 0 Å². The number of halogens is 1. The Morgan fingerprint density at radius 3 is 2.31 bits per heavy atom. The van der Waals surface area contributed by atoms with Gasteiger partial charge in [0, 0.05) is 22.7 Å². The average Bonchev–Trinajstić information content (AvgIpc) is 2.91. The van der Waals surface area contributed by atoms with E-state index in [-0.39, 0.29) is 17.7 Å². The van der Waals surface area contributed by atoms with Crippen molar-refractivity contribution >= 4 is 28.8 Å².